The number of hydrogen-bond acceptors (Lipinski definition) is 2. The molecule has 0 saturated heterocycles. The summed E-state index contributed by atoms with van der Waals surface area (Å²) in [6.07, 6.45) is 6.56. The molecule has 0 aromatic heterocycles. The fourth-order valence-electron chi connectivity index (χ4n) is 3.46. The van der Waals surface area contributed by atoms with Gasteiger partial charge in [0.1, 0.15) is 19.5 Å². The Hall–Kier alpha value is -1.35. The predicted molar refractivity (Wildman–Crippen MR) is 117 cm³/mol. The van der Waals surface area contributed by atoms with Gasteiger partial charge in [-0.2, -0.15) is 0 Å². The second kappa shape index (κ2) is 12.1. The average molecular weight is 361 g/mol. The minimum atomic E-state index is 0.637. The molecule has 0 aliphatic carbocycles. The number of nitrogens with zero attached hydrogens (tertiary/aromatic N) is 2. The highest BCUT2D eigenvalue weighted by atomic mass is 15.1. The number of para-hydroxylation sites is 2. The van der Waals surface area contributed by atoms with Crippen LogP contribution >= 0.6 is 0 Å². The van der Waals surface area contributed by atoms with E-state index in [9.17, 15) is 0 Å². The minimum absolute atomic E-state index is 0.637. The van der Waals surface area contributed by atoms with Crippen LogP contribution in [0.15, 0.2) is 24.3 Å². The normalized spacial score (nSPS) is 13.7. The van der Waals surface area contributed by atoms with Crippen LogP contribution in [-0.4, -0.2) is 44.5 Å². The van der Waals surface area contributed by atoms with Gasteiger partial charge in [-0.05, 0) is 30.7 Å². The van der Waals surface area contributed by atoms with Gasteiger partial charge in [-0.3, -0.25) is 0 Å². The van der Waals surface area contributed by atoms with Crippen molar-refractivity contribution in [3.05, 3.63) is 24.3 Å². The Bertz CT molecular complexity index is 524. The molecular formula is C23H42N3+. The Morgan fingerprint density at radius 1 is 1.15 bits per heavy atom. The van der Waals surface area contributed by atoms with Gasteiger partial charge in [-0.1, -0.05) is 59.1 Å². The third-order valence-electron chi connectivity index (χ3n) is 5.29. The molecular weight excluding hydrogens is 318 g/mol. The molecule has 0 aliphatic rings. The fourth-order valence-corrected chi connectivity index (χ4v) is 3.46. The summed E-state index contributed by atoms with van der Waals surface area (Å²) >= 11 is 0. The molecule has 0 amide bonds. The van der Waals surface area contributed by atoms with Crippen LogP contribution in [0.2, 0.25) is 0 Å². The molecule has 3 nitrogen and oxygen atoms in total. The Morgan fingerprint density at radius 3 is 2.46 bits per heavy atom. The third-order valence-corrected chi connectivity index (χ3v) is 5.29. The van der Waals surface area contributed by atoms with E-state index in [4.69, 9.17) is 0 Å². The first-order chi connectivity index (χ1) is 12.3. The van der Waals surface area contributed by atoms with Gasteiger partial charge in [0.2, 0.25) is 5.69 Å². The maximum Gasteiger partial charge on any atom is 0.228 e. The van der Waals surface area contributed by atoms with Crippen LogP contribution in [0.25, 0.3) is 0 Å². The molecule has 3 heteroatoms. The summed E-state index contributed by atoms with van der Waals surface area (Å²) in [6, 6.07) is 9.11. The monoisotopic (exact) mass is 360 g/mol. The zero-order chi connectivity index (χ0) is 19.5. The largest absolute Gasteiger partial charge is 0.368 e. The number of rotatable bonds is 13. The Labute approximate surface area is 162 Å². The molecule has 2 atom stereocenters. The average Bonchev–Trinajstić information content (AvgIpc) is 2.60. The molecule has 0 radical (unpaired) electrons. The molecule has 1 aromatic carbocycles. The van der Waals surface area contributed by atoms with E-state index in [-0.39, 0.29) is 0 Å². The molecule has 0 heterocycles. The lowest BCUT2D eigenvalue weighted by molar-refractivity contribution is -0.393. The zero-order valence-corrected chi connectivity index (χ0v) is 18.1. The first kappa shape index (κ1) is 22.7. The first-order valence-corrected chi connectivity index (χ1v) is 10.4. The van der Waals surface area contributed by atoms with E-state index >= 15 is 0 Å². The van der Waals surface area contributed by atoms with E-state index in [1.165, 1.54) is 43.5 Å². The maximum absolute atomic E-state index is 4.04. The van der Waals surface area contributed by atoms with Gasteiger partial charge in [-0.15, -0.1) is 0 Å². The summed E-state index contributed by atoms with van der Waals surface area (Å²) < 4.78 is 1.94. The van der Waals surface area contributed by atoms with Crippen LogP contribution in [0.4, 0.5) is 11.4 Å². The zero-order valence-electron chi connectivity index (χ0n) is 18.1. The molecule has 0 bridgehead atoms. The molecule has 1 aromatic rings. The van der Waals surface area contributed by atoms with Gasteiger partial charge in [0.15, 0.2) is 0 Å². The Balaban J connectivity index is 2.51. The van der Waals surface area contributed by atoms with Gasteiger partial charge >= 0.3 is 0 Å². The van der Waals surface area contributed by atoms with Gasteiger partial charge in [-0.25, -0.2) is 4.58 Å². The number of likely N-dealkylation sites (N-methyl/N-ethyl adjacent to an activating group) is 1. The number of nitrogens with one attached hydrogen (secondary N) is 1. The van der Waals surface area contributed by atoms with Crippen LogP contribution in [0.3, 0.4) is 0 Å². The highest BCUT2D eigenvalue weighted by Gasteiger charge is 2.14. The van der Waals surface area contributed by atoms with Crippen LogP contribution in [0, 0.1) is 11.8 Å². The molecule has 26 heavy (non-hydrogen) atoms. The SMILES string of the molecule is C=[N+](C)c1ccccc1N(C)CCNC(CCCC(C)CC)CC(C)C. The van der Waals surface area contributed by atoms with Crippen molar-refractivity contribution in [3.63, 3.8) is 0 Å². The minimum Gasteiger partial charge on any atom is -0.368 e. The molecule has 1 rings (SSSR count). The van der Waals surface area contributed by atoms with Gasteiger partial charge in [0.05, 0.1) is 0 Å². The third kappa shape index (κ3) is 8.35. The molecule has 0 spiro atoms. The maximum atomic E-state index is 4.04. The highest BCUT2D eigenvalue weighted by Crippen LogP contribution is 2.25. The Morgan fingerprint density at radius 2 is 1.85 bits per heavy atom. The van der Waals surface area contributed by atoms with Crippen molar-refractivity contribution in [1.29, 1.82) is 0 Å². The summed E-state index contributed by atoms with van der Waals surface area (Å²) in [7, 11) is 4.17. The summed E-state index contributed by atoms with van der Waals surface area (Å²) in [6.45, 7) is 15.4. The van der Waals surface area contributed by atoms with Gasteiger partial charge in [0.25, 0.3) is 0 Å². The highest BCUT2D eigenvalue weighted by molar-refractivity contribution is 5.63. The van der Waals surface area contributed by atoms with Crippen molar-refractivity contribution >= 4 is 18.1 Å². The topological polar surface area (TPSA) is 18.3 Å². The van der Waals surface area contributed by atoms with Crippen molar-refractivity contribution in [3.8, 4) is 0 Å². The van der Waals surface area contributed by atoms with Crippen molar-refractivity contribution in [2.75, 3.05) is 32.1 Å². The van der Waals surface area contributed by atoms with Gasteiger partial charge < -0.3 is 10.2 Å². The smallest absolute Gasteiger partial charge is 0.228 e. The van der Waals surface area contributed by atoms with Crippen molar-refractivity contribution in [1.82, 2.24) is 5.32 Å². The second-order valence-electron chi connectivity index (χ2n) is 8.33. The van der Waals surface area contributed by atoms with E-state index < -0.39 is 0 Å². The van der Waals surface area contributed by atoms with E-state index in [1.807, 2.05) is 11.6 Å². The van der Waals surface area contributed by atoms with E-state index in [1.54, 1.807) is 0 Å². The van der Waals surface area contributed by atoms with Crippen LogP contribution in [0.5, 0.6) is 0 Å². The lowest BCUT2D eigenvalue weighted by atomic mass is 9.95. The molecule has 1 N–H and O–H groups in total. The summed E-state index contributed by atoms with van der Waals surface area (Å²) in [4.78, 5) is 2.33. The lowest BCUT2D eigenvalue weighted by Crippen LogP contribution is -2.37. The van der Waals surface area contributed by atoms with Crippen molar-refractivity contribution in [2.45, 2.75) is 65.8 Å². The molecule has 0 aliphatic heterocycles. The second-order valence-corrected chi connectivity index (χ2v) is 8.33. The summed E-state index contributed by atoms with van der Waals surface area (Å²) in [5.74, 6) is 1.60. The van der Waals surface area contributed by atoms with Crippen molar-refractivity contribution in [2.24, 2.45) is 11.8 Å². The molecule has 148 valence electrons. The van der Waals surface area contributed by atoms with Crippen molar-refractivity contribution < 1.29 is 4.58 Å². The predicted octanol–water partition coefficient (Wildman–Crippen LogP) is 5.32. The molecule has 0 saturated carbocycles. The molecule has 0 fully saturated rings. The summed E-state index contributed by atoms with van der Waals surface area (Å²) in [5, 5.41) is 3.82. The number of hydrogen-bond donors (Lipinski definition) is 1. The fraction of sp³-hybridized carbons (Fsp3) is 0.696. The van der Waals surface area contributed by atoms with E-state index in [0.717, 1.165) is 24.9 Å². The van der Waals surface area contributed by atoms with Gasteiger partial charge in [0, 0.05) is 32.2 Å². The van der Waals surface area contributed by atoms with Crippen LogP contribution in [-0.2, 0) is 0 Å². The summed E-state index contributed by atoms with van der Waals surface area (Å²) in [5.41, 5.74) is 2.41. The quantitative estimate of drug-likeness (QED) is 0.379. The van der Waals surface area contributed by atoms with Crippen LogP contribution < -0.4 is 10.2 Å². The van der Waals surface area contributed by atoms with E-state index in [2.05, 4.69) is 75.9 Å². The number of benzene rings is 1. The number of anilines is 1. The van der Waals surface area contributed by atoms with E-state index in [0.29, 0.717) is 6.04 Å². The molecule has 2 unspecified atom stereocenters. The lowest BCUT2D eigenvalue weighted by Gasteiger charge is -2.24. The first-order valence-electron chi connectivity index (χ1n) is 10.4. The Kier molecular flexibility index (Phi) is 10.6. The van der Waals surface area contributed by atoms with Crippen LogP contribution in [0.1, 0.15) is 59.8 Å². The standard InChI is InChI=1S/C23H42N3/c1-8-20(4)12-11-13-21(18-19(2)3)24-16-17-26(7)23-15-10-9-14-22(23)25(5)6/h9-10,14-15,19-21,24H,5,8,11-13,16-18H2,1-4,6-7H3/q+1.